The van der Waals surface area contributed by atoms with Crippen LogP contribution in [0.5, 0.6) is 11.5 Å². The number of rotatable bonds is 8. The molecule has 0 spiro atoms. The number of ether oxygens (including phenoxy) is 2. The van der Waals surface area contributed by atoms with Gasteiger partial charge in [-0.15, -0.1) is 0 Å². The fraction of sp³-hybridized carbons (Fsp3) is 0.167. The maximum absolute atomic E-state index is 12.3. The lowest BCUT2D eigenvalue weighted by Crippen LogP contribution is -2.18. The molecule has 3 aromatic carbocycles. The molecule has 33 heavy (non-hydrogen) atoms. The lowest BCUT2D eigenvalue weighted by molar-refractivity contribution is 0.0955. The summed E-state index contributed by atoms with van der Waals surface area (Å²) in [6, 6.07) is 14.0. The zero-order chi connectivity index (χ0) is 24.0. The van der Waals surface area contributed by atoms with E-state index in [2.05, 4.69) is 26.5 Å². The number of carbonyl (C=O) groups excluding carboxylic acids is 1. The topological polar surface area (TPSA) is 59.9 Å². The van der Waals surface area contributed by atoms with Gasteiger partial charge in [0.1, 0.15) is 6.61 Å². The van der Waals surface area contributed by atoms with E-state index in [4.69, 9.17) is 44.3 Å². The van der Waals surface area contributed by atoms with Crippen molar-refractivity contribution >= 4 is 62.9 Å². The molecule has 1 amide bonds. The molecule has 0 fully saturated rings. The van der Waals surface area contributed by atoms with Crippen molar-refractivity contribution in [2.45, 2.75) is 20.5 Å². The van der Waals surface area contributed by atoms with Crippen molar-refractivity contribution in [1.82, 2.24) is 5.43 Å². The van der Waals surface area contributed by atoms with Gasteiger partial charge >= 0.3 is 0 Å². The molecule has 0 radical (unpaired) electrons. The Bertz CT molecular complexity index is 1200. The molecular weight excluding hydrogens is 551 g/mol. The normalized spacial score (nSPS) is 11.0. The van der Waals surface area contributed by atoms with Crippen molar-refractivity contribution in [2.75, 3.05) is 6.61 Å². The summed E-state index contributed by atoms with van der Waals surface area (Å²) < 4.78 is 12.4. The van der Waals surface area contributed by atoms with E-state index >= 15 is 0 Å². The van der Waals surface area contributed by atoms with Gasteiger partial charge in [-0.25, -0.2) is 5.43 Å². The molecular formula is C24H20BrCl3N2O3. The minimum Gasteiger partial charge on any atom is -0.490 e. The highest BCUT2D eigenvalue weighted by Crippen LogP contribution is 2.37. The van der Waals surface area contributed by atoms with Crippen LogP contribution in [0.3, 0.4) is 0 Å². The van der Waals surface area contributed by atoms with E-state index in [1.165, 1.54) is 6.21 Å². The summed E-state index contributed by atoms with van der Waals surface area (Å²) in [4.78, 5) is 12.3. The van der Waals surface area contributed by atoms with E-state index in [1.807, 2.05) is 26.0 Å². The summed E-state index contributed by atoms with van der Waals surface area (Å²) >= 11 is 21.9. The minimum atomic E-state index is -0.403. The van der Waals surface area contributed by atoms with Crippen molar-refractivity contribution in [2.24, 2.45) is 5.10 Å². The lowest BCUT2D eigenvalue weighted by Gasteiger charge is -2.15. The van der Waals surface area contributed by atoms with Gasteiger partial charge in [-0.1, -0.05) is 46.9 Å². The molecule has 5 nitrogen and oxygen atoms in total. The fourth-order valence-electron chi connectivity index (χ4n) is 2.88. The van der Waals surface area contributed by atoms with E-state index in [1.54, 1.807) is 36.4 Å². The van der Waals surface area contributed by atoms with Crippen LogP contribution in [0, 0.1) is 6.92 Å². The zero-order valence-electron chi connectivity index (χ0n) is 17.8. The standard InChI is InChI=1S/C24H20BrCl3N2O3/c1-3-32-22-10-15(12-29-30-24(31)18-7-4-14(2)8-21(18)28)9-19(25)23(22)33-13-16-5-6-17(26)11-20(16)27/h4-12H,3,13H2,1-2H3,(H,30,31)/b29-12-. The molecule has 9 heteroatoms. The quantitative estimate of drug-likeness (QED) is 0.226. The van der Waals surface area contributed by atoms with Gasteiger partial charge in [-0.2, -0.15) is 5.10 Å². The number of carbonyl (C=O) groups is 1. The summed E-state index contributed by atoms with van der Waals surface area (Å²) in [6.45, 7) is 4.44. The Morgan fingerprint density at radius 2 is 1.85 bits per heavy atom. The van der Waals surface area contributed by atoms with E-state index in [9.17, 15) is 4.79 Å². The van der Waals surface area contributed by atoms with E-state index in [-0.39, 0.29) is 6.61 Å². The van der Waals surface area contributed by atoms with Crippen molar-refractivity contribution in [1.29, 1.82) is 0 Å². The number of amides is 1. The number of benzene rings is 3. The van der Waals surface area contributed by atoms with Crippen LogP contribution in [0.15, 0.2) is 58.1 Å². The Morgan fingerprint density at radius 1 is 1.06 bits per heavy atom. The molecule has 0 aliphatic heterocycles. The molecule has 0 saturated carbocycles. The Labute approximate surface area is 215 Å². The first-order chi connectivity index (χ1) is 15.8. The summed E-state index contributed by atoms with van der Waals surface area (Å²) in [5.74, 6) is 0.641. The molecule has 0 bridgehead atoms. The van der Waals surface area contributed by atoms with Crippen molar-refractivity contribution < 1.29 is 14.3 Å². The second-order valence-electron chi connectivity index (χ2n) is 6.97. The molecule has 1 N–H and O–H groups in total. The Kier molecular flexibility index (Phi) is 9.03. The van der Waals surface area contributed by atoms with Gasteiger partial charge in [0, 0.05) is 15.6 Å². The average Bonchev–Trinajstić information content (AvgIpc) is 2.74. The maximum Gasteiger partial charge on any atom is 0.272 e. The number of hydrogen-bond donors (Lipinski definition) is 1. The number of hydrazone groups is 1. The molecule has 0 aliphatic carbocycles. The van der Waals surface area contributed by atoms with Gasteiger partial charge in [-0.3, -0.25) is 4.79 Å². The monoisotopic (exact) mass is 568 g/mol. The number of nitrogens with one attached hydrogen (secondary N) is 1. The van der Waals surface area contributed by atoms with Crippen molar-refractivity contribution in [3.8, 4) is 11.5 Å². The molecule has 3 aromatic rings. The SMILES string of the molecule is CCOc1cc(/C=N\NC(=O)c2ccc(C)cc2Cl)cc(Br)c1OCc1ccc(Cl)cc1Cl. The second kappa shape index (κ2) is 11.7. The summed E-state index contributed by atoms with van der Waals surface area (Å²) in [6.07, 6.45) is 1.51. The van der Waals surface area contributed by atoms with Crippen LogP contribution >= 0.6 is 50.7 Å². The highest BCUT2D eigenvalue weighted by atomic mass is 79.9. The highest BCUT2D eigenvalue weighted by molar-refractivity contribution is 9.10. The Hall–Kier alpha value is -2.25. The zero-order valence-corrected chi connectivity index (χ0v) is 21.6. The molecule has 0 aliphatic rings. The minimum absolute atomic E-state index is 0.232. The van der Waals surface area contributed by atoms with Crippen LogP contribution in [0.25, 0.3) is 0 Å². The van der Waals surface area contributed by atoms with Gasteiger partial charge in [0.2, 0.25) is 0 Å². The predicted molar refractivity (Wildman–Crippen MR) is 137 cm³/mol. The second-order valence-corrected chi connectivity index (χ2v) is 9.08. The molecule has 0 atom stereocenters. The molecule has 172 valence electrons. The number of hydrogen-bond acceptors (Lipinski definition) is 4. The average molecular weight is 571 g/mol. The first-order valence-corrected chi connectivity index (χ1v) is 11.8. The third-order valence-corrected chi connectivity index (χ3v) is 5.96. The van der Waals surface area contributed by atoms with E-state index < -0.39 is 5.91 Å². The van der Waals surface area contributed by atoms with Crippen LogP contribution in [0.2, 0.25) is 15.1 Å². The Balaban J connectivity index is 1.74. The van der Waals surface area contributed by atoms with Crippen LogP contribution in [-0.4, -0.2) is 18.7 Å². The summed E-state index contributed by atoms with van der Waals surface area (Å²) in [5, 5.41) is 5.48. The summed E-state index contributed by atoms with van der Waals surface area (Å²) in [5.41, 5.74) is 5.28. The molecule has 0 heterocycles. The third kappa shape index (κ3) is 6.87. The van der Waals surface area contributed by atoms with Gasteiger partial charge in [0.15, 0.2) is 11.5 Å². The fourth-order valence-corrected chi connectivity index (χ4v) is 4.24. The van der Waals surface area contributed by atoms with Crippen LogP contribution in [-0.2, 0) is 6.61 Å². The van der Waals surface area contributed by atoms with Crippen LogP contribution in [0.1, 0.15) is 34.0 Å². The predicted octanol–water partition coefficient (Wildman–Crippen LogP) is 7.46. The first kappa shape index (κ1) is 25.4. The molecule has 3 rings (SSSR count). The first-order valence-electron chi connectivity index (χ1n) is 9.91. The van der Waals surface area contributed by atoms with Gasteiger partial charge in [-0.05, 0) is 77.3 Å². The Morgan fingerprint density at radius 3 is 2.55 bits per heavy atom. The number of nitrogens with zero attached hydrogens (tertiary/aromatic N) is 1. The summed E-state index contributed by atoms with van der Waals surface area (Å²) in [7, 11) is 0. The third-order valence-electron chi connectivity index (χ3n) is 4.47. The molecule has 0 unspecified atom stereocenters. The van der Waals surface area contributed by atoms with E-state index in [0.717, 1.165) is 11.1 Å². The van der Waals surface area contributed by atoms with Gasteiger partial charge in [0.05, 0.1) is 27.9 Å². The van der Waals surface area contributed by atoms with Gasteiger partial charge in [0.25, 0.3) is 5.91 Å². The van der Waals surface area contributed by atoms with Crippen molar-refractivity contribution in [3.05, 3.63) is 90.3 Å². The smallest absolute Gasteiger partial charge is 0.272 e. The molecule has 0 aromatic heterocycles. The molecule has 0 saturated heterocycles. The number of aryl methyl sites for hydroxylation is 1. The van der Waals surface area contributed by atoms with Crippen LogP contribution < -0.4 is 14.9 Å². The largest absolute Gasteiger partial charge is 0.490 e. The van der Waals surface area contributed by atoms with Crippen molar-refractivity contribution in [3.63, 3.8) is 0 Å². The lowest BCUT2D eigenvalue weighted by atomic mass is 10.1. The van der Waals surface area contributed by atoms with Crippen LogP contribution in [0.4, 0.5) is 0 Å². The highest BCUT2D eigenvalue weighted by Gasteiger charge is 2.14. The van der Waals surface area contributed by atoms with Gasteiger partial charge < -0.3 is 9.47 Å². The maximum atomic E-state index is 12.3. The van der Waals surface area contributed by atoms with E-state index in [0.29, 0.717) is 48.8 Å². The number of halogens is 4.